The molecule has 3 heterocycles. The zero-order valence-corrected chi connectivity index (χ0v) is 17.5. The van der Waals surface area contributed by atoms with E-state index < -0.39 is 0 Å². The van der Waals surface area contributed by atoms with Gasteiger partial charge in [0, 0.05) is 24.2 Å². The number of amides is 1. The molecule has 0 aromatic carbocycles. The summed E-state index contributed by atoms with van der Waals surface area (Å²) in [5, 5.41) is 6.50. The number of likely N-dealkylation sites (tertiary alicyclic amines) is 1. The van der Waals surface area contributed by atoms with E-state index >= 15 is 0 Å². The molecule has 1 saturated heterocycles. The van der Waals surface area contributed by atoms with E-state index in [4.69, 9.17) is 4.98 Å². The van der Waals surface area contributed by atoms with Crippen molar-refractivity contribution in [3.8, 4) is 0 Å². The number of piperidine rings is 1. The Bertz CT molecular complexity index is 710. The Morgan fingerprint density at radius 1 is 1.32 bits per heavy atom. The van der Waals surface area contributed by atoms with E-state index in [9.17, 15) is 9.59 Å². The van der Waals surface area contributed by atoms with Crippen LogP contribution in [0.2, 0.25) is 0 Å². The predicted molar refractivity (Wildman–Crippen MR) is 111 cm³/mol. The van der Waals surface area contributed by atoms with Gasteiger partial charge in [-0.3, -0.25) is 14.5 Å². The van der Waals surface area contributed by atoms with E-state index in [2.05, 4.69) is 34.6 Å². The summed E-state index contributed by atoms with van der Waals surface area (Å²) in [7, 11) is 0. The van der Waals surface area contributed by atoms with Crippen molar-refractivity contribution in [1.82, 2.24) is 15.2 Å². The lowest BCUT2D eigenvalue weighted by molar-refractivity contribution is -0.133. The molecule has 0 bridgehead atoms. The van der Waals surface area contributed by atoms with Gasteiger partial charge in [0.05, 0.1) is 6.04 Å². The van der Waals surface area contributed by atoms with Crippen molar-refractivity contribution in [3.63, 3.8) is 0 Å². The third kappa shape index (κ3) is 4.90. The van der Waals surface area contributed by atoms with Gasteiger partial charge in [-0.25, -0.2) is 4.98 Å². The maximum absolute atomic E-state index is 12.7. The summed E-state index contributed by atoms with van der Waals surface area (Å²) in [6, 6.07) is 4.24. The molecular formula is C22H34N4O2. The van der Waals surface area contributed by atoms with Gasteiger partial charge in [-0.15, -0.1) is 0 Å². The first-order chi connectivity index (χ1) is 13.4. The third-order valence-electron chi connectivity index (χ3n) is 6.43. The smallest absolute Gasteiger partial charge is 0.226 e. The highest BCUT2D eigenvalue weighted by molar-refractivity contribution is 5.83. The maximum atomic E-state index is 12.7. The maximum Gasteiger partial charge on any atom is 0.226 e. The van der Waals surface area contributed by atoms with Crippen LogP contribution in [0.1, 0.15) is 57.7 Å². The standard InChI is InChI=1S/C22H34N4O2/c1-16(17(2)27)26-14-10-22(3,11-15-26)21(28)24-13-5-7-19-9-8-18-6-4-12-23-20(18)25-19/h8-9,16H,4-7,10-15H2,1-3H3,(H,23,25)(H,24,28). The first kappa shape index (κ1) is 20.8. The summed E-state index contributed by atoms with van der Waals surface area (Å²) in [4.78, 5) is 31.2. The number of fused-ring (bicyclic) bond motifs is 1. The van der Waals surface area contributed by atoms with Crippen LogP contribution in [0.3, 0.4) is 0 Å². The molecule has 2 aliphatic heterocycles. The van der Waals surface area contributed by atoms with E-state index in [0.717, 1.165) is 63.3 Å². The SMILES string of the molecule is CC(=O)C(C)N1CCC(C)(C(=O)NCCCc2ccc3c(n2)NCCC3)CC1. The quantitative estimate of drug-likeness (QED) is 0.705. The second-order valence-corrected chi connectivity index (χ2v) is 8.58. The Kier molecular flexibility index (Phi) is 6.70. The molecular weight excluding hydrogens is 352 g/mol. The molecule has 6 heteroatoms. The van der Waals surface area contributed by atoms with Gasteiger partial charge in [-0.2, -0.15) is 0 Å². The van der Waals surface area contributed by atoms with Crippen molar-refractivity contribution < 1.29 is 9.59 Å². The van der Waals surface area contributed by atoms with E-state index in [-0.39, 0.29) is 23.1 Å². The largest absolute Gasteiger partial charge is 0.370 e. The van der Waals surface area contributed by atoms with Crippen molar-refractivity contribution in [2.24, 2.45) is 5.41 Å². The number of ketones is 1. The molecule has 2 aliphatic rings. The highest BCUT2D eigenvalue weighted by Crippen LogP contribution is 2.32. The average Bonchev–Trinajstić information content (AvgIpc) is 2.71. The number of aryl methyl sites for hydroxylation is 2. The molecule has 1 atom stereocenters. The van der Waals surface area contributed by atoms with Crippen LogP contribution in [0.4, 0.5) is 5.82 Å². The van der Waals surface area contributed by atoms with Gasteiger partial charge in [0.1, 0.15) is 11.6 Å². The summed E-state index contributed by atoms with van der Waals surface area (Å²) < 4.78 is 0. The lowest BCUT2D eigenvalue weighted by Crippen LogP contribution is -2.50. The topological polar surface area (TPSA) is 74.3 Å². The zero-order valence-electron chi connectivity index (χ0n) is 17.5. The van der Waals surface area contributed by atoms with Gasteiger partial charge >= 0.3 is 0 Å². The number of carbonyl (C=O) groups excluding carboxylic acids is 2. The van der Waals surface area contributed by atoms with Crippen LogP contribution in [0.5, 0.6) is 0 Å². The lowest BCUT2D eigenvalue weighted by atomic mass is 9.79. The summed E-state index contributed by atoms with van der Waals surface area (Å²) in [6.45, 7) is 8.92. The van der Waals surface area contributed by atoms with E-state index in [1.54, 1.807) is 6.92 Å². The molecule has 28 heavy (non-hydrogen) atoms. The predicted octanol–water partition coefficient (Wildman–Crippen LogP) is 2.57. The first-order valence-corrected chi connectivity index (χ1v) is 10.6. The molecule has 0 aliphatic carbocycles. The summed E-state index contributed by atoms with van der Waals surface area (Å²) in [6.07, 6.45) is 5.64. The van der Waals surface area contributed by atoms with Crippen LogP contribution >= 0.6 is 0 Å². The van der Waals surface area contributed by atoms with E-state index in [1.807, 2.05) is 6.92 Å². The number of hydrogen-bond acceptors (Lipinski definition) is 5. The van der Waals surface area contributed by atoms with E-state index in [1.165, 1.54) is 12.0 Å². The normalized spacial score (nSPS) is 20.0. The van der Waals surface area contributed by atoms with Crippen molar-refractivity contribution in [1.29, 1.82) is 0 Å². The number of carbonyl (C=O) groups is 2. The molecule has 6 nitrogen and oxygen atoms in total. The van der Waals surface area contributed by atoms with Gasteiger partial charge in [0.2, 0.25) is 5.91 Å². The molecule has 0 saturated carbocycles. The van der Waals surface area contributed by atoms with Crippen molar-refractivity contribution in [2.75, 3.05) is 31.5 Å². The number of nitrogens with zero attached hydrogens (tertiary/aromatic N) is 2. The van der Waals surface area contributed by atoms with Crippen LogP contribution in [-0.2, 0) is 22.4 Å². The van der Waals surface area contributed by atoms with Crippen LogP contribution in [0.15, 0.2) is 12.1 Å². The van der Waals surface area contributed by atoms with Crippen LogP contribution in [-0.4, -0.2) is 53.8 Å². The molecule has 1 aromatic heterocycles. The van der Waals surface area contributed by atoms with Crippen molar-refractivity contribution >= 4 is 17.5 Å². The number of pyridine rings is 1. The van der Waals surface area contributed by atoms with E-state index in [0.29, 0.717) is 6.54 Å². The molecule has 0 radical (unpaired) electrons. The van der Waals surface area contributed by atoms with Crippen molar-refractivity contribution in [3.05, 3.63) is 23.4 Å². The average molecular weight is 387 g/mol. The van der Waals surface area contributed by atoms with Crippen LogP contribution in [0.25, 0.3) is 0 Å². The minimum atomic E-state index is -0.332. The lowest BCUT2D eigenvalue weighted by Gasteiger charge is -2.40. The van der Waals surface area contributed by atoms with Gasteiger partial charge in [0.25, 0.3) is 0 Å². The first-order valence-electron chi connectivity index (χ1n) is 10.6. The number of nitrogens with one attached hydrogen (secondary N) is 2. The van der Waals surface area contributed by atoms with Crippen LogP contribution in [0, 0.1) is 5.41 Å². The minimum Gasteiger partial charge on any atom is -0.370 e. The fraction of sp³-hybridized carbons (Fsp3) is 0.682. The fourth-order valence-electron chi connectivity index (χ4n) is 4.08. The van der Waals surface area contributed by atoms with Crippen LogP contribution < -0.4 is 10.6 Å². The highest BCUT2D eigenvalue weighted by atomic mass is 16.2. The Hall–Kier alpha value is -1.95. The van der Waals surface area contributed by atoms with Gasteiger partial charge in [-0.1, -0.05) is 13.0 Å². The molecule has 154 valence electrons. The molecule has 2 N–H and O–H groups in total. The number of anilines is 1. The number of aromatic nitrogens is 1. The number of hydrogen-bond donors (Lipinski definition) is 2. The Morgan fingerprint density at radius 2 is 2.07 bits per heavy atom. The fourth-order valence-corrected chi connectivity index (χ4v) is 4.08. The molecule has 1 amide bonds. The molecule has 1 aromatic rings. The Morgan fingerprint density at radius 3 is 2.79 bits per heavy atom. The summed E-state index contributed by atoms with van der Waals surface area (Å²) in [5.41, 5.74) is 2.06. The molecule has 1 fully saturated rings. The minimum absolute atomic E-state index is 0.0498. The number of rotatable bonds is 7. The number of Topliss-reactive ketones (excluding diaryl/α,β-unsaturated/α-hetero) is 1. The third-order valence-corrected chi connectivity index (χ3v) is 6.43. The second kappa shape index (κ2) is 9.03. The second-order valence-electron chi connectivity index (χ2n) is 8.58. The summed E-state index contributed by atoms with van der Waals surface area (Å²) >= 11 is 0. The Balaban J connectivity index is 1.41. The van der Waals surface area contributed by atoms with Gasteiger partial charge < -0.3 is 10.6 Å². The summed E-state index contributed by atoms with van der Waals surface area (Å²) in [5.74, 6) is 1.37. The molecule has 3 rings (SSSR count). The molecule has 1 unspecified atom stereocenters. The Labute approximate surface area is 168 Å². The van der Waals surface area contributed by atoms with Gasteiger partial charge in [-0.05, 0) is 77.1 Å². The molecule has 0 spiro atoms. The van der Waals surface area contributed by atoms with Gasteiger partial charge in [0.15, 0.2) is 0 Å². The zero-order chi connectivity index (χ0) is 20.1. The highest BCUT2D eigenvalue weighted by Gasteiger charge is 2.38. The monoisotopic (exact) mass is 386 g/mol. The van der Waals surface area contributed by atoms with Crippen molar-refractivity contribution in [2.45, 2.75) is 65.3 Å².